The minimum atomic E-state index is -0.212. The molecule has 6 nitrogen and oxygen atoms in total. The quantitative estimate of drug-likeness (QED) is 0.676. The topological polar surface area (TPSA) is 59.1 Å². The van der Waals surface area contributed by atoms with E-state index in [-0.39, 0.29) is 36.1 Å². The first-order valence-corrected chi connectivity index (χ1v) is 10.4. The van der Waals surface area contributed by atoms with E-state index >= 15 is 0 Å². The van der Waals surface area contributed by atoms with Gasteiger partial charge in [-0.2, -0.15) is 0 Å². The van der Waals surface area contributed by atoms with Crippen LogP contribution in [0.1, 0.15) is 57.8 Å². The summed E-state index contributed by atoms with van der Waals surface area (Å²) in [6, 6.07) is 0.257. The third-order valence-corrected chi connectivity index (χ3v) is 6.79. The van der Waals surface area contributed by atoms with Gasteiger partial charge in [-0.25, -0.2) is 0 Å². The Morgan fingerprint density at radius 3 is 2.42 bits per heavy atom. The van der Waals surface area contributed by atoms with Gasteiger partial charge in [0, 0.05) is 26.2 Å². The Balaban J connectivity index is 1.40. The highest BCUT2D eigenvalue weighted by molar-refractivity contribution is 5.91. The lowest BCUT2D eigenvalue weighted by Crippen LogP contribution is -2.78. The number of rotatable bonds is 6. The molecule has 0 aromatic carbocycles. The summed E-state index contributed by atoms with van der Waals surface area (Å²) >= 11 is 0. The molecule has 0 radical (unpaired) electrons. The summed E-state index contributed by atoms with van der Waals surface area (Å²) in [5.41, 5.74) is -0.0619. The fraction of sp³-hybridized carbons (Fsp3) is 0.900. The molecule has 0 N–H and O–H groups in total. The van der Waals surface area contributed by atoms with Crippen molar-refractivity contribution in [1.82, 2.24) is 9.80 Å². The Kier molecular flexibility index (Phi) is 5.24. The summed E-state index contributed by atoms with van der Waals surface area (Å²) in [6.45, 7) is 2.35. The predicted octanol–water partition coefficient (Wildman–Crippen LogP) is 1.96. The van der Waals surface area contributed by atoms with E-state index in [1.165, 1.54) is 32.1 Å². The average Bonchev–Trinajstić information content (AvgIpc) is 3.48. The zero-order valence-corrected chi connectivity index (χ0v) is 16.0. The molecule has 2 saturated carbocycles. The van der Waals surface area contributed by atoms with E-state index in [1.54, 1.807) is 7.11 Å². The molecule has 4 rings (SSSR count). The van der Waals surface area contributed by atoms with Crippen LogP contribution in [0.5, 0.6) is 0 Å². The highest BCUT2D eigenvalue weighted by Gasteiger charge is 2.62. The molecule has 4 aliphatic rings. The van der Waals surface area contributed by atoms with Crippen molar-refractivity contribution in [1.29, 1.82) is 0 Å². The monoisotopic (exact) mass is 364 g/mol. The van der Waals surface area contributed by atoms with Gasteiger partial charge in [-0.05, 0) is 44.4 Å². The van der Waals surface area contributed by atoms with E-state index in [2.05, 4.69) is 4.90 Å². The van der Waals surface area contributed by atoms with Crippen molar-refractivity contribution < 1.29 is 19.1 Å². The van der Waals surface area contributed by atoms with E-state index in [0.717, 1.165) is 45.4 Å². The van der Waals surface area contributed by atoms with Crippen LogP contribution in [-0.4, -0.2) is 72.7 Å². The molecule has 1 spiro atoms. The Hall–Kier alpha value is -1.14. The standard InChI is InChI=1S/C20H32N2O4/c1-25-14-17(23)21-11-7-16(8-12-21)22-19(24)18(26-13-15-5-6-15)20(22)9-3-2-4-10-20/h15-16,18H,2-14H2,1H3. The lowest BCUT2D eigenvalue weighted by Gasteiger charge is -2.62. The number of amides is 2. The van der Waals surface area contributed by atoms with Crippen LogP contribution in [0, 0.1) is 5.92 Å². The SMILES string of the molecule is COCC(=O)N1CCC(N2C(=O)C(OCC3CC3)C23CCCCC3)CC1. The van der Waals surface area contributed by atoms with Crippen LogP contribution >= 0.6 is 0 Å². The molecule has 0 aromatic heterocycles. The number of ether oxygens (including phenoxy) is 2. The van der Waals surface area contributed by atoms with Crippen molar-refractivity contribution in [2.45, 2.75) is 75.5 Å². The highest BCUT2D eigenvalue weighted by Crippen LogP contribution is 2.48. The molecule has 0 bridgehead atoms. The van der Waals surface area contributed by atoms with Gasteiger partial charge in [0.25, 0.3) is 5.91 Å². The van der Waals surface area contributed by atoms with Crippen molar-refractivity contribution in [3.63, 3.8) is 0 Å². The molecule has 146 valence electrons. The van der Waals surface area contributed by atoms with Gasteiger partial charge in [0.1, 0.15) is 6.61 Å². The summed E-state index contributed by atoms with van der Waals surface area (Å²) in [4.78, 5) is 29.1. The minimum Gasteiger partial charge on any atom is -0.375 e. The number of piperidine rings is 1. The molecule has 2 heterocycles. The van der Waals surface area contributed by atoms with Gasteiger partial charge in [0.05, 0.1) is 12.1 Å². The normalized spacial score (nSPS) is 29.1. The third-order valence-electron chi connectivity index (χ3n) is 6.79. The summed E-state index contributed by atoms with van der Waals surface area (Å²) in [7, 11) is 1.55. The maximum absolute atomic E-state index is 13.0. The van der Waals surface area contributed by atoms with Crippen LogP contribution in [0.2, 0.25) is 0 Å². The fourth-order valence-corrected chi connectivity index (χ4v) is 5.18. The van der Waals surface area contributed by atoms with E-state index < -0.39 is 0 Å². The van der Waals surface area contributed by atoms with E-state index in [0.29, 0.717) is 5.92 Å². The van der Waals surface area contributed by atoms with Gasteiger partial charge >= 0.3 is 0 Å². The second kappa shape index (κ2) is 7.47. The first-order valence-electron chi connectivity index (χ1n) is 10.4. The zero-order valence-electron chi connectivity index (χ0n) is 16.0. The maximum atomic E-state index is 13.0. The summed E-state index contributed by atoms with van der Waals surface area (Å²) in [5, 5.41) is 0. The first kappa shape index (κ1) is 18.2. The molecule has 2 aliphatic carbocycles. The molecule has 6 heteroatoms. The third kappa shape index (κ3) is 3.26. The molecule has 2 saturated heterocycles. The van der Waals surface area contributed by atoms with Crippen LogP contribution in [0.25, 0.3) is 0 Å². The second-order valence-corrected chi connectivity index (χ2v) is 8.57. The van der Waals surface area contributed by atoms with Crippen molar-refractivity contribution in [2.24, 2.45) is 5.92 Å². The van der Waals surface area contributed by atoms with E-state index in [4.69, 9.17) is 9.47 Å². The zero-order chi connectivity index (χ0) is 18.1. The van der Waals surface area contributed by atoms with Gasteiger partial charge in [-0.1, -0.05) is 19.3 Å². The number of β-lactam (4-membered cyclic amide) rings is 1. The largest absolute Gasteiger partial charge is 0.375 e. The predicted molar refractivity (Wildman–Crippen MR) is 96.6 cm³/mol. The molecule has 2 amide bonds. The number of nitrogens with zero attached hydrogens (tertiary/aromatic N) is 2. The van der Waals surface area contributed by atoms with Crippen LogP contribution in [0.4, 0.5) is 0 Å². The number of methoxy groups -OCH3 is 1. The smallest absolute Gasteiger partial charge is 0.254 e. The van der Waals surface area contributed by atoms with E-state index in [1.807, 2.05) is 4.90 Å². The molecule has 0 aromatic rings. The minimum absolute atomic E-state index is 0.0545. The Morgan fingerprint density at radius 1 is 1.12 bits per heavy atom. The summed E-state index contributed by atoms with van der Waals surface area (Å²) in [6.07, 6.45) is 9.86. The summed E-state index contributed by atoms with van der Waals surface area (Å²) in [5.74, 6) is 0.945. The van der Waals surface area contributed by atoms with Gasteiger partial charge in [0.2, 0.25) is 5.91 Å². The van der Waals surface area contributed by atoms with E-state index in [9.17, 15) is 9.59 Å². The Bertz CT molecular complexity index is 534. The fourth-order valence-electron chi connectivity index (χ4n) is 5.18. The highest BCUT2D eigenvalue weighted by atomic mass is 16.5. The number of hydrogen-bond donors (Lipinski definition) is 0. The van der Waals surface area contributed by atoms with Crippen LogP contribution in [0.15, 0.2) is 0 Å². The Labute approximate surface area is 156 Å². The molecule has 4 fully saturated rings. The van der Waals surface area contributed by atoms with Gasteiger partial charge in [-0.15, -0.1) is 0 Å². The van der Waals surface area contributed by atoms with Crippen molar-refractivity contribution in [3.8, 4) is 0 Å². The molecular weight excluding hydrogens is 332 g/mol. The maximum Gasteiger partial charge on any atom is 0.254 e. The van der Waals surface area contributed by atoms with Crippen LogP contribution in [0.3, 0.4) is 0 Å². The molecule has 1 atom stereocenters. The number of likely N-dealkylation sites (tertiary alicyclic amines) is 2. The van der Waals surface area contributed by atoms with Crippen LogP contribution in [-0.2, 0) is 19.1 Å². The molecule has 2 aliphatic heterocycles. The average molecular weight is 364 g/mol. The summed E-state index contributed by atoms with van der Waals surface area (Å²) < 4.78 is 11.1. The lowest BCUT2D eigenvalue weighted by molar-refractivity contribution is -0.211. The van der Waals surface area contributed by atoms with Crippen molar-refractivity contribution in [2.75, 3.05) is 33.4 Å². The van der Waals surface area contributed by atoms with Gasteiger partial charge in [0.15, 0.2) is 6.10 Å². The lowest BCUT2D eigenvalue weighted by atomic mass is 9.68. The van der Waals surface area contributed by atoms with Gasteiger partial charge in [-0.3, -0.25) is 9.59 Å². The first-order chi connectivity index (χ1) is 12.7. The van der Waals surface area contributed by atoms with Crippen LogP contribution < -0.4 is 0 Å². The molecular formula is C20H32N2O4. The number of carbonyl (C=O) groups is 2. The van der Waals surface area contributed by atoms with Gasteiger partial charge < -0.3 is 19.3 Å². The Morgan fingerprint density at radius 2 is 1.81 bits per heavy atom. The molecule has 26 heavy (non-hydrogen) atoms. The number of carbonyl (C=O) groups excluding carboxylic acids is 2. The van der Waals surface area contributed by atoms with Crippen molar-refractivity contribution >= 4 is 11.8 Å². The number of hydrogen-bond acceptors (Lipinski definition) is 4. The second-order valence-electron chi connectivity index (χ2n) is 8.57. The molecule has 1 unspecified atom stereocenters. The van der Waals surface area contributed by atoms with Crippen molar-refractivity contribution in [3.05, 3.63) is 0 Å².